The second-order valence-corrected chi connectivity index (χ2v) is 11.6. The Morgan fingerprint density at radius 1 is 0.971 bits per heavy atom. The first kappa shape index (κ1) is 24.2. The number of hydrogen-bond acceptors (Lipinski definition) is 6. The smallest absolute Gasteiger partial charge is 0.243 e. The molecular weight excluding hydrogens is 446 g/mol. The van der Waals surface area contributed by atoms with Crippen molar-refractivity contribution in [1.82, 2.24) is 14.3 Å². The molecule has 0 radical (unpaired) electrons. The van der Waals surface area contributed by atoms with E-state index in [0.29, 0.717) is 24.7 Å². The van der Waals surface area contributed by atoms with Crippen molar-refractivity contribution >= 4 is 33.2 Å². The standard InChI is InChI=1S/C26H33N5O2S/c1-20-19-27-25(29-24(20)31(26(2,3)4)22-13-7-5-8-14-22)28-21-12-11-15-23(18-21)34(32,33)30-16-9-6-10-17-30/h5,7-8,11-15,18-19H,6,9-10,16-17H2,1-4H3,(H,27,28,29). The highest BCUT2D eigenvalue weighted by Gasteiger charge is 2.27. The fourth-order valence-corrected chi connectivity index (χ4v) is 5.81. The second kappa shape index (κ2) is 9.72. The first-order valence-corrected chi connectivity index (χ1v) is 13.2. The Hall–Kier alpha value is -2.97. The van der Waals surface area contributed by atoms with E-state index in [1.807, 2.05) is 31.2 Å². The van der Waals surface area contributed by atoms with Gasteiger partial charge < -0.3 is 10.2 Å². The molecule has 1 aliphatic heterocycles. The SMILES string of the molecule is Cc1cnc(Nc2cccc(S(=O)(=O)N3CCCCC3)c2)nc1N(c1ccccc1)C(C)(C)C. The van der Waals surface area contributed by atoms with Crippen molar-refractivity contribution in [2.24, 2.45) is 0 Å². The normalized spacial score (nSPS) is 15.2. The van der Waals surface area contributed by atoms with E-state index in [-0.39, 0.29) is 10.4 Å². The quantitative estimate of drug-likeness (QED) is 0.493. The summed E-state index contributed by atoms with van der Waals surface area (Å²) in [5.74, 6) is 1.21. The average molecular weight is 480 g/mol. The fourth-order valence-electron chi connectivity index (χ4n) is 4.24. The molecule has 3 aromatic rings. The lowest BCUT2D eigenvalue weighted by Crippen LogP contribution is -2.38. The molecule has 1 fully saturated rings. The van der Waals surface area contributed by atoms with E-state index in [2.05, 4.69) is 48.1 Å². The lowest BCUT2D eigenvalue weighted by atomic mass is 10.0. The third kappa shape index (κ3) is 5.23. The van der Waals surface area contributed by atoms with E-state index in [1.54, 1.807) is 28.7 Å². The first-order chi connectivity index (χ1) is 16.2. The van der Waals surface area contributed by atoms with Crippen molar-refractivity contribution in [3.8, 4) is 0 Å². The van der Waals surface area contributed by atoms with Gasteiger partial charge in [0.05, 0.1) is 4.90 Å². The summed E-state index contributed by atoms with van der Waals surface area (Å²) in [6.45, 7) is 9.57. The van der Waals surface area contributed by atoms with Crippen LogP contribution in [0.1, 0.15) is 45.6 Å². The first-order valence-electron chi connectivity index (χ1n) is 11.7. The zero-order valence-corrected chi connectivity index (χ0v) is 21.1. The lowest BCUT2D eigenvalue weighted by molar-refractivity contribution is 0.346. The Balaban J connectivity index is 1.65. The number of piperidine rings is 1. The zero-order valence-electron chi connectivity index (χ0n) is 20.3. The monoisotopic (exact) mass is 479 g/mol. The Kier molecular flexibility index (Phi) is 6.91. The van der Waals surface area contributed by atoms with E-state index in [9.17, 15) is 8.42 Å². The molecule has 4 rings (SSSR count). The van der Waals surface area contributed by atoms with Crippen LogP contribution in [0.2, 0.25) is 0 Å². The van der Waals surface area contributed by atoms with Gasteiger partial charge in [-0.15, -0.1) is 0 Å². The predicted octanol–water partition coefficient (Wildman–Crippen LogP) is 5.64. The van der Waals surface area contributed by atoms with Crippen LogP contribution in [0, 0.1) is 6.92 Å². The second-order valence-electron chi connectivity index (χ2n) is 9.66. The fraction of sp³-hybridized carbons (Fsp3) is 0.385. The highest BCUT2D eigenvalue weighted by atomic mass is 32.2. The van der Waals surface area contributed by atoms with Gasteiger partial charge in [0.1, 0.15) is 5.82 Å². The number of rotatable bonds is 6. The molecule has 0 amide bonds. The van der Waals surface area contributed by atoms with Gasteiger partial charge in [-0.2, -0.15) is 9.29 Å². The van der Waals surface area contributed by atoms with Gasteiger partial charge in [0, 0.05) is 41.8 Å². The molecule has 8 heteroatoms. The molecule has 0 atom stereocenters. The average Bonchev–Trinajstić information content (AvgIpc) is 2.82. The van der Waals surface area contributed by atoms with Crippen LogP contribution in [0.5, 0.6) is 0 Å². The van der Waals surface area contributed by atoms with Gasteiger partial charge in [-0.3, -0.25) is 0 Å². The summed E-state index contributed by atoms with van der Waals surface area (Å²) in [7, 11) is -3.52. The highest BCUT2D eigenvalue weighted by Crippen LogP contribution is 2.34. The van der Waals surface area contributed by atoms with Crippen LogP contribution < -0.4 is 10.2 Å². The number of anilines is 4. The van der Waals surface area contributed by atoms with Gasteiger partial charge in [-0.05, 0) is 70.9 Å². The van der Waals surface area contributed by atoms with Crippen molar-refractivity contribution in [3.05, 3.63) is 66.4 Å². The van der Waals surface area contributed by atoms with Gasteiger partial charge in [0.15, 0.2) is 0 Å². The summed E-state index contributed by atoms with van der Waals surface area (Å²) in [4.78, 5) is 11.8. The summed E-state index contributed by atoms with van der Waals surface area (Å²) in [6.07, 6.45) is 4.68. The van der Waals surface area contributed by atoms with E-state index < -0.39 is 10.0 Å². The molecule has 1 N–H and O–H groups in total. The predicted molar refractivity (Wildman–Crippen MR) is 137 cm³/mol. The molecule has 34 heavy (non-hydrogen) atoms. The molecule has 2 aromatic carbocycles. The maximum atomic E-state index is 13.1. The zero-order chi connectivity index (χ0) is 24.3. The summed E-state index contributed by atoms with van der Waals surface area (Å²) in [5.41, 5.74) is 2.40. The van der Waals surface area contributed by atoms with E-state index in [1.165, 1.54) is 0 Å². The largest absolute Gasteiger partial charge is 0.324 e. The van der Waals surface area contributed by atoms with Crippen molar-refractivity contribution in [1.29, 1.82) is 0 Å². The molecule has 2 heterocycles. The number of benzene rings is 2. The number of hydrogen-bond donors (Lipinski definition) is 1. The van der Waals surface area contributed by atoms with Crippen LogP contribution in [0.25, 0.3) is 0 Å². The summed E-state index contributed by atoms with van der Waals surface area (Å²) in [6, 6.07) is 17.0. The van der Waals surface area contributed by atoms with Gasteiger partial charge >= 0.3 is 0 Å². The molecule has 0 spiro atoms. The van der Waals surface area contributed by atoms with E-state index in [0.717, 1.165) is 36.3 Å². The third-order valence-electron chi connectivity index (χ3n) is 5.88. The number of para-hydroxylation sites is 1. The van der Waals surface area contributed by atoms with E-state index >= 15 is 0 Å². The number of sulfonamides is 1. The minimum absolute atomic E-state index is 0.222. The van der Waals surface area contributed by atoms with Crippen LogP contribution in [0.3, 0.4) is 0 Å². The Bertz CT molecular complexity index is 1230. The Morgan fingerprint density at radius 2 is 1.68 bits per heavy atom. The van der Waals surface area contributed by atoms with Crippen molar-refractivity contribution in [2.75, 3.05) is 23.3 Å². The summed E-state index contributed by atoms with van der Waals surface area (Å²) < 4.78 is 27.8. The molecule has 7 nitrogen and oxygen atoms in total. The van der Waals surface area contributed by atoms with Crippen LogP contribution >= 0.6 is 0 Å². The summed E-state index contributed by atoms with van der Waals surface area (Å²) in [5, 5.41) is 3.21. The van der Waals surface area contributed by atoms with Crippen molar-refractivity contribution in [2.45, 2.75) is 57.4 Å². The Labute approximate surface area is 202 Å². The van der Waals surface area contributed by atoms with Crippen molar-refractivity contribution in [3.63, 3.8) is 0 Å². The summed E-state index contributed by atoms with van der Waals surface area (Å²) >= 11 is 0. The molecular formula is C26H33N5O2S. The maximum absolute atomic E-state index is 13.1. The van der Waals surface area contributed by atoms with Gasteiger partial charge in [0.2, 0.25) is 16.0 Å². The lowest BCUT2D eigenvalue weighted by Gasteiger charge is -2.37. The van der Waals surface area contributed by atoms with E-state index in [4.69, 9.17) is 4.98 Å². The highest BCUT2D eigenvalue weighted by molar-refractivity contribution is 7.89. The Morgan fingerprint density at radius 3 is 2.35 bits per heavy atom. The molecule has 180 valence electrons. The number of aromatic nitrogens is 2. The molecule has 0 saturated carbocycles. The van der Waals surface area contributed by atoms with Gasteiger partial charge in [0.25, 0.3) is 0 Å². The van der Waals surface area contributed by atoms with Gasteiger partial charge in [-0.1, -0.05) is 30.7 Å². The van der Waals surface area contributed by atoms with Crippen LogP contribution in [0.15, 0.2) is 65.7 Å². The van der Waals surface area contributed by atoms with Crippen LogP contribution in [0.4, 0.5) is 23.1 Å². The maximum Gasteiger partial charge on any atom is 0.243 e. The minimum atomic E-state index is -3.52. The topological polar surface area (TPSA) is 78.4 Å². The molecule has 1 aromatic heterocycles. The molecule has 0 bridgehead atoms. The molecule has 1 saturated heterocycles. The minimum Gasteiger partial charge on any atom is -0.324 e. The molecule has 1 aliphatic rings. The third-order valence-corrected chi connectivity index (χ3v) is 7.78. The van der Waals surface area contributed by atoms with Crippen LogP contribution in [-0.4, -0.2) is 41.3 Å². The number of nitrogens with zero attached hydrogens (tertiary/aromatic N) is 4. The number of nitrogens with one attached hydrogen (secondary N) is 1. The van der Waals surface area contributed by atoms with Crippen LogP contribution in [-0.2, 0) is 10.0 Å². The molecule has 0 aliphatic carbocycles. The number of aryl methyl sites for hydroxylation is 1. The van der Waals surface area contributed by atoms with Crippen molar-refractivity contribution < 1.29 is 8.42 Å². The molecule has 0 unspecified atom stereocenters. The van der Waals surface area contributed by atoms with Gasteiger partial charge in [-0.25, -0.2) is 13.4 Å².